The van der Waals surface area contributed by atoms with Crippen molar-refractivity contribution in [2.24, 2.45) is 17.8 Å². The number of Topliss-reactive ketones (excluding diaryl/α,β-unsaturated/α-hetero) is 3. The number of rotatable bonds is 8. The molecule has 3 unspecified atom stereocenters. The van der Waals surface area contributed by atoms with Crippen LogP contribution >= 0.6 is 0 Å². The lowest BCUT2D eigenvalue weighted by molar-refractivity contribution is -0.137. The van der Waals surface area contributed by atoms with Crippen LogP contribution in [0.15, 0.2) is 11.6 Å². The van der Waals surface area contributed by atoms with Crippen LogP contribution in [0.2, 0.25) is 0 Å². The minimum Gasteiger partial charge on any atom is -0.507 e. The third-order valence-corrected chi connectivity index (χ3v) is 6.71. The van der Waals surface area contributed by atoms with Gasteiger partial charge >= 0.3 is 0 Å². The molecular weight excluding hydrogens is 396 g/mol. The zero-order chi connectivity index (χ0) is 22.9. The summed E-state index contributed by atoms with van der Waals surface area (Å²) in [5.41, 5.74) is 3.17. The first-order valence-corrected chi connectivity index (χ1v) is 11.2. The molecular formula is C25H32O6. The summed E-state index contributed by atoms with van der Waals surface area (Å²) in [6.45, 7) is 5.15. The smallest absolute Gasteiger partial charge is 0.173 e. The van der Waals surface area contributed by atoms with Crippen LogP contribution in [-0.2, 0) is 33.6 Å². The van der Waals surface area contributed by atoms with Crippen LogP contribution in [0, 0.1) is 17.8 Å². The minimum atomic E-state index is -1.04. The van der Waals surface area contributed by atoms with E-state index < -0.39 is 17.5 Å². The normalized spacial score (nSPS) is 22.8. The van der Waals surface area contributed by atoms with Gasteiger partial charge in [0.05, 0.1) is 17.9 Å². The second-order valence-corrected chi connectivity index (χ2v) is 8.86. The number of allylic oxidation sites excluding steroid dienone is 1. The van der Waals surface area contributed by atoms with Gasteiger partial charge in [0.1, 0.15) is 17.3 Å². The first kappa shape index (κ1) is 23.2. The molecule has 0 spiro atoms. The molecule has 2 aliphatic rings. The van der Waals surface area contributed by atoms with Crippen molar-refractivity contribution in [1.29, 1.82) is 0 Å². The summed E-state index contributed by atoms with van der Waals surface area (Å²) in [6.07, 6.45) is 3.24. The van der Waals surface area contributed by atoms with Gasteiger partial charge in [-0.2, -0.15) is 0 Å². The van der Waals surface area contributed by atoms with Crippen molar-refractivity contribution in [3.63, 3.8) is 0 Å². The van der Waals surface area contributed by atoms with Gasteiger partial charge in [-0.1, -0.05) is 26.3 Å². The molecule has 0 amide bonds. The van der Waals surface area contributed by atoms with Gasteiger partial charge in [0.25, 0.3) is 0 Å². The van der Waals surface area contributed by atoms with Crippen molar-refractivity contribution in [3.8, 4) is 5.75 Å². The molecule has 0 aliphatic heterocycles. The fourth-order valence-electron chi connectivity index (χ4n) is 5.37. The molecule has 1 saturated carbocycles. The number of benzene rings is 1. The molecule has 3 atom stereocenters. The van der Waals surface area contributed by atoms with Crippen molar-refractivity contribution in [2.45, 2.75) is 65.7 Å². The van der Waals surface area contributed by atoms with E-state index in [1.165, 1.54) is 6.92 Å². The highest BCUT2D eigenvalue weighted by Crippen LogP contribution is 2.49. The fourth-order valence-corrected chi connectivity index (χ4v) is 5.37. The largest absolute Gasteiger partial charge is 0.507 e. The van der Waals surface area contributed by atoms with Gasteiger partial charge < -0.3 is 15.3 Å². The van der Waals surface area contributed by atoms with Crippen molar-refractivity contribution >= 4 is 23.1 Å². The zero-order valence-electron chi connectivity index (χ0n) is 18.5. The molecule has 6 heteroatoms. The Labute approximate surface area is 183 Å². The molecule has 1 aromatic rings. The highest BCUT2D eigenvalue weighted by molar-refractivity contribution is 6.17. The Balaban J connectivity index is 2.16. The first-order valence-electron chi connectivity index (χ1n) is 11.2. The van der Waals surface area contributed by atoms with E-state index in [9.17, 15) is 29.7 Å². The average molecular weight is 429 g/mol. The summed E-state index contributed by atoms with van der Waals surface area (Å²) in [6, 6.07) is 1.99. The number of hydrogen-bond donors (Lipinski definition) is 3. The van der Waals surface area contributed by atoms with Gasteiger partial charge in [-0.05, 0) is 67.6 Å². The number of ketones is 3. The molecule has 0 saturated heterocycles. The van der Waals surface area contributed by atoms with Crippen molar-refractivity contribution in [3.05, 3.63) is 33.9 Å². The van der Waals surface area contributed by atoms with Crippen LogP contribution in [0.3, 0.4) is 0 Å². The molecule has 3 rings (SSSR count). The minimum absolute atomic E-state index is 0.00213. The number of phenolic OH excluding ortho intramolecular Hbond substituents is 1. The van der Waals surface area contributed by atoms with E-state index in [2.05, 4.69) is 6.92 Å². The summed E-state index contributed by atoms with van der Waals surface area (Å²) < 4.78 is 0. The summed E-state index contributed by atoms with van der Waals surface area (Å²) in [4.78, 5) is 37.7. The van der Waals surface area contributed by atoms with Gasteiger partial charge in [-0.3, -0.25) is 14.4 Å². The molecule has 168 valence electrons. The number of aliphatic hydroxyl groups excluding tert-OH is 2. The number of aryl methyl sites for hydroxylation is 2. The lowest BCUT2D eigenvalue weighted by Crippen LogP contribution is -2.43. The number of fused-ring (bicyclic) bond motifs is 2. The van der Waals surface area contributed by atoms with E-state index >= 15 is 0 Å². The zero-order valence-corrected chi connectivity index (χ0v) is 18.5. The Morgan fingerprint density at radius 1 is 1.16 bits per heavy atom. The maximum atomic E-state index is 13.5. The monoisotopic (exact) mass is 428 g/mol. The molecule has 31 heavy (non-hydrogen) atoms. The van der Waals surface area contributed by atoms with E-state index in [1.807, 2.05) is 13.0 Å². The lowest BCUT2D eigenvalue weighted by Gasteiger charge is -2.39. The molecule has 0 aromatic heterocycles. The van der Waals surface area contributed by atoms with E-state index in [0.29, 0.717) is 31.2 Å². The number of aliphatic hydroxyl groups is 2. The van der Waals surface area contributed by atoms with Crippen LogP contribution in [0.4, 0.5) is 0 Å². The summed E-state index contributed by atoms with van der Waals surface area (Å²) in [7, 11) is 0. The standard InChI is InChI=1S/C25H32O6/c1-4-6-15-10-14(5-2)23(29)22-18(15)12-17-11-16(7-8-26)20(19(28)9-13(3)27)24(30)21(17)25(22)31/h10,16-17,20,26,29,31H,4-9,11-12H2,1-3H3. The maximum Gasteiger partial charge on any atom is 0.173 e. The van der Waals surface area contributed by atoms with Crippen molar-refractivity contribution in [2.75, 3.05) is 6.61 Å². The van der Waals surface area contributed by atoms with Crippen molar-refractivity contribution < 1.29 is 29.7 Å². The Kier molecular flexibility index (Phi) is 6.99. The van der Waals surface area contributed by atoms with Gasteiger partial charge in [0, 0.05) is 12.2 Å². The highest BCUT2D eigenvalue weighted by Gasteiger charge is 2.47. The summed E-state index contributed by atoms with van der Waals surface area (Å²) >= 11 is 0. The second kappa shape index (κ2) is 9.35. The Bertz CT molecular complexity index is 942. The van der Waals surface area contributed by atoms with Crippen LogP contribution in [0.5, 0.6) is 5.75 Å². The summed E-state index contributed by atoms with van der Waals surface area (Å²) in [5.74, 6) is -3.17. The summed E-state index contributed by atoms with van der Waals surface area (Å²) in [5, 5.41) is 31.6. The van der Waals surface area contributed by atoms with Gasteiger partial charge in [0.2, 0.25) is 0 Å². The highest BCUT2D eigenvalue weighted by atomic mass is 16.3. The molecule has 3 N–H and O–H groups in total. The van der Waals surface area contributed by atoms with Gasteiger partial charge in [-0.25, -0.2) is 0 Å². The van der Waals surface area contributed by atoms with Gasteiger partial charge in [-0.15, -0.1) is 0 Å². The third kappa shape index (κ3) is 4.18. The number of phenols is 1. The van der Waals surface area contributed by atoms with Crippen LogP contribution < -0.4 is 0 Å². The van der Waals surface area contributed by atoms with Crippen LogP contribution in [0.1, 0.15) is 68.7 Å². The van der Waals surface area contributed by atoms with Gasteiger partial charge in [0.15, 0.2) is 11.6 Å². The van der Waals surface area contributed by atoms with Crippen LogP contribution in [0.25, 0.3) is 5.76 Å². The topological polar surface area (TPSA) is 112 Å². The SMILES string of the molecule is CCCc1cc(CC)c(O)c2c1CC1CC(CCO)C(C(=O)CC(C)=O)C(=O)C1=C2O. The van der Waals surface area contributed by atoms with Crippen molar-refractivity contribution in [1.82, 2.24) is 0 Å². The number of hydrogen-bond acceptors (Lipinski definition) is 6. The maximum absolute atomic E-state index is 13.5. The van der Waals surface area contributed by atoms with Crippen LogP contribution in [-0.4, -0.2) is 39.3 Å². The van der Waals surface area contributed by atoms with E-state index in [-0.39, 0.29) is 47.7 Å². The molecule has 1 aromatic carbocycles. The quantitative estimate of drug-likeness (QED) is 0.547. The average Bonchev–Trinajstić information content (AvgIpc) is 2.69. The predicted molar refractivity (Wildman–Crippen MR) is 117 cm³/mol. The van der Waals surface area contributed by atoms with E-state index in [0.717, 1.165) is 29.5 Å². The molecule has 0 radical (unpaired) electrons. The third-order valence-electron chi connectivity index (χ3n) is 6.71. The predicted octanol–water partition coefficient (Wildman–Crippen LogP) is 3.48. The molecule has 2 aliphatic carbocycles. The molecule has 0 bridgehead atoms. The lowest BCUT2D eigenvalue weighted by atomic mass is 9.63. The molecule has 0 heterocycles. The Morgan fingerprint density at radius 3 is 2.45 bits per heavy atom. The number of carbonyl (C=O) groups excluding carboxylic acids is 3. The van der Waals surface area contributed by atoms with E-state index in [1.54, 1.807) is 0 Å². The molecule has 6 nitrogen and oxygen atoms in total. The number of aromatic hydroxyl groups is 1. The van der Waals surface area contributed by atoms with E-state index in [4.69, 9.17) is 0 Å². The second-order valence-electron chi connectivity index (χ2n) is 8.86. The molecule has 1 fully saturated rings. The fraction of sp³-hybridized carbons (Fsp3) is 0.560. The Hall–Kier alpha value is -2.47. The Morgan fingerprint density at radius 2 is 1.87 bits per heavy atom. The first-order chi connectivity index (χ1) is 14.7. The number of carbonyl (C=O) groups is 3.